The number of nitrogens with one attached hydrogen (secondary N) is 2. The lowest BCUT2D eigenvalue weighted by molar-refractivity contribution is 0.405. The minimum atomic E-state index is 0.492. The molecule has 0 amide bonds. The molecule has 1 saturated heterocycles. The van der Waals surface area contributed by atoms with Crippen molar-refractivity contribution in [1.82, 2.24) is 10.3 Å². The van der Waals surface area contributed by atoms with Crippen LogP contribution in [0.2, 0.25) is 0 Å². The molecule has 1 aliphatic rings. The van der Waals surface area contributed by atoms with E-state index in [1.165, 1.54) is 18.4 Å². The lowest BCUT2D eigenvalue weighted by Gasteiger charge is -2.09. The molecule has 66 valence electrons. The number of hydrogen-bond donors (Lipinski definition) is 2. The monoisotopic (exact) mass is 166 g/mol. The van der Waals surface area contributed by atoms with Gasteiger partial charge in [-0.3, -0.25) is 0 Å². The predicted molar refractivity (Wildman–Crippen MR) is 47.3 cm³/mol. The Morgan fingerprint density at radius 1 is 1.50 bits per heavy atom. The van der Waals surface area contributed by atoms with E-state index in [0.717, 1.165) is 12.3 Å². The van der Waals surface area contributed by atoms with Crippen molar-refractivity contribution >= 4 is 0 Å². The van der Waals surface area contributed by atoms with Crippen LogP contribution in [0.5, 0.6) is 5.75 Å². The molecular formula is C9H14N2O. The maximum Gasteiger partial charge on any atom is 0.141 e. The number of aromatic amines is 1. The molecule has 0 unspecified atom stereocenters. The van der Waals surface area contributed by atoms with Crippen molar-refractivity contribution in [2.45, 2.75) is 18.9 Å². The van der Waals surface area contributed by atoms with Crippen LogP contribution < -0.4 is 10.1 Å². The van der Waals surface area contributed by atoms with Crippen LogP contribution in [0, 0.1) is 0 Å². The van der Waals surface area contributed by atoms with Crippen molar-refractivity contribution in [1.29, 1.82) is 0 Å². The van der Waals surface area contributed by atoms with Crippen LogP contribution in [0.4, 0.5) is 0 Å². The molecule has 0 spiro atoms. The summed E-state index contributed by atoms with van der Waals surface area (Å²) >= 11 is 0. The molecule has 1 aromatic heterocycles. The van der Waals surface area contributed by atoms with Crippen molar-refractivity contribution in [2.75, 3.05) is 13.7 Å². The highest BCUT2D eigenvalue weighted by atomic mass is 16.5. The molecule has 0 saturated carbocycles. The molecule has 2 heterocycles. The molecule has 0 radical (unpaired) electrons. The molecule has 1 fully saturated rings. The van der Waals surface area contributed by atoms with Gasteiger partial charge in [0, 0.05) is 24.0 Å². The van der Waals surface area contributed by atoms with Gasteiger partial charge in [-0.1, -0.05) is 0 Å². The molecule has 1 atom stereocenters. The standard InChI is InChI=1S/C9H14N2O/c1-12-9-6-10-5-7(9)8-3-2-4-11-8/h5-6,8,10-11H,2-4H2,1H3/t8-/m1/s1. The van der Waals surface area contributed by atoms with Gasteiger partial charge >= 0.3 is 0 Å². The average Bonchev–Trinajstić information content (AvgIpc) is 2.74. The minimum absolute atomic E-state index is 0.492. The molecule has 3 nitrogen and oxygen atoms in total. The number of ether oxygens (including phenoxy) is 1. The predicted octanol–water partition coefficient (Wildman–Crippen LogP) is 1.45. The second kappa shape index (κ2) is 3.19. The van der Waals surface area contributed by atoms with E-state index in [4.69, 9.17) is 4.74 Å². The topological polar surface area (TPSA) is 37.0 Å². The summed E-state index contributed by atoms with van der Waals surface area (Å²) < 4.78 is 5.23. The molecule has 1 aromatic rings. The Morgan fingerprint density at radius 2 is 2.42 bits per heavy atom. The summed E-state index contributed by atoms with van der Waals surface area (Å²) in [5.41, 5.74) is 1.26. The number of rotatable bonds is 2. The number of methoxy groups -OCH3 is 1. The van der Waals surface area contributed by atoms with Crippen molar-refractivity contribution in [2.24, 2.45) is 0 Å². The van der Waals surface area contributed by atoms with E-state index >= 15 is 0 Å². The summed E-state index contributed by atoms with van der Waals surface area (Å²) in [6.07, 6.45) is 6.39. The fraction of sp³-hybridized carbons (Fsp3) is 0.556. The molecule has 3 heteroatoms. The highest BCUT2D eigenvalue weighted by Gasteiger charge is 2.19. The molecule has 2 N–H and O–H groups in total. The summed E-state index contributed by atoms with van der Waals surface area (Å²) in [4.78, 5) is 3.06. The van der Waals surface area contributed by atoms with Gasteiger partial charge in [-0.15, -0.1) is 0 Å². The molecular weight excluding hydrogens is 152 g/mol. The van der Waals surface area contributed by atoms with E-state index in [1.807, 2.05) is 12.4 Å². The van der Waals surface area contributed by atoms with E-state index in [9.17, 15) is 0 Å². The third-order valence-corrected chi connectivity index (χ3v) is 2.39. The largest absolute Gasteiger partial charge is 0.495 e. The van der Waals surface area contributed by atoms with Crippen LogP contribution in [-0.2, 0) is 0 Å². The first kappa shape index (κ1) is 7.68. The second-order valence-corrected chi connectivity index (χ2v) is 3.13. The van der Waals surface area contributed by atoms with Gasteiger partial charge < -0.3 is 15.0 Å². The van der Waals surface area contributed by atoms with Crippen LogP contribution in [0.3, 0.4) is 0 Å². The smallest absolute Gasteiger partial charge is 0.141 e. The SMILES string of the molecule is COc1c[nH]cc1[C@H]1CCCN1. The molecule has 0 bridgehead atoms. The lowest BCUT2D eigenvalue weighted by atomic mass is 10.1. The molecule has 0 aliphatic carbocycles. The highest BCUT2D eigenvalue weighted by molar-refractivity contribution is 5.33. The van der Waals surface area contributed by atoms with Gasteiger partial charge in [0.1, 0.15) is 5.75 Å². The van der Waals surface area contributed by atoms with Crippen molar-refractivity contribution < 1.29 is 4.74 Å². The molecule has 12 heavy (non-hydrogen) atoms. The van der Waals surface area contributed by atoms with Crippen molar-refractivity contribution in [3.63, 3.8) is 0 Å². The Hall–Kier alpha value is -0.960. The lowest BCUT2D eigenvalue weighted by Crippen LogP contribution is -2.12. The van der Waals surface area contributed by atoms with Gasteiger partial charge in [-0.05, 0) is 19.4 Å². The van der Waals surface area contributed by atoms with Crippen molar-refractivity contribution in [3.8, 4) is 5.75 Å². The fourth-order valence-electron chi connectivity index (χ4n) is 1.76. The number of aromatic nitrogens is 1. The third-order valence-electron chi connectivity index (χ3n) is 2.39. The average molecular weight is 166 g/mol. The van der Waals surface area contributed by atoms with E-state index in [-0.39, 0.29) is 0 Å². The first-order valence-corrected chi connectivity index (χ1v) is 4.36. The highest BCUT2D eigenvalue weighted by Crippen LogP contribution is 2.29. The van der Waals surface area contributed by atoms with Gasteiger partial charge in [0.2, 0.25) is 0 Å². The number of H-pyrrole nitrogens is 1. The van der Waals surface area contributed by atoms with Crippen LogP contribution in [-0.4, -0.2) is 18.6 Å². The zero-order chi connectivity index (χ0) is 8.39. The van der Waals surface area contributed by atoms with Gasteiger partial charge in [0.15, 0.2) is 0 Å². The van der Waals surface area contributed by atoms with E-state index in [0.29, 0.717) is 6.04 Å². The van der Waals surface area contributed by atoms with E-state index in [1.54, 1.807) is 7.11 Å². The Kier molecular flexibility index (Phi) is 2.04. The summed E-state index contributed by atoms with van der Waals surface area (Å²) in [5.74, 6) is 0.967. The van der Waals surface area contributed by atoms with Gasteiger partial charge in [0.25, 0.3) is 0 Å². The van der Waals surface area contributed by atoms with Crippen molar-refractivity contribution in [3.05, 3.63) is 18.0 Å². The molecule has 0 aromatic carbocycles. The zero-order valence-corrected chi connectivity index (χ0v) is 7.26. The summed E-state index contributed by atoms with van der Waals surface area (Å²) in [6, 6.07) is 0.492. The maximum atomic E-state index is 5.23. The quantitative estimate of drug-likeness (QED) is 0.697. The molecule has 2 rings (SSSR count). The van der Waals surface area contributed by atoms with E-state index in [2.05, 4.69) is 10.3 Å². The summed E-state index contributed by atoms with van der Waals surface area (Å²) in [6.45, 7) is 1.12. The minimum Gasteiger partial charge on any atom is -0.495 e. The van der Waals surface area contributed by atoms with Gasteiger partial charge in [-0.2, -0.15) is 0 Å². The number of hydrogen-bond acceptors (Lipinski definition) is 2. The Labute approximate surface area is 72.1 Å². The normalized spacial score (nSPS) is 22.9. The Morgan fingerprint density at radius 3 is 3.08 bits per heavy atom. The van der Waals surface area contributed by atoms with E-state index < -0.39 is 0 Å². The van der Waals surface area contributed by atoms with Crippen LogP contribution in [0.1, 0.15) is 24.4 Å². The van der Waals surface area contributed by atoms with Crippen LogP contribution in [0.15, 0.2) is 12.4 Å². The zero-order valence-electron chi connectivity index (χ0n) is 7.26. The summed E-state index contributed by atoms with van der Waals surface area (Å²) in [7, 11) is 1.71. The fourth-order valence-corrected chi connectivity index (χ4v) is 1.76. The first-order valence-electron chi connectivity index (χ1n) is 4.36. The Bertz CT molecular complexity index is 251. The van der Waals surface area contributed by atoms with Gasteiger partial charge in [-0.25, -0.2) is 0 Å². The third kappa shape index (κ3) is 1.20. The summed E-state index contributed by atoms with van der Waals surface area (Å²) in [5, 5.41) is 3.43. The maximum absolute atomic E-state index is 5.23. The van der Waals surface area contributed by atoms with Gasteiger partial charge in [0.05, 0.1) is 7.11 Å². The second-order valence-electron chi connectivity index (χ2n) is 3.13. The van der Waals surface area contributed by atoms with Crippen LogP contribution in [0.25, 0.3) is 0 Å². The first-order chi connectivity index (χ1) is 5.92. The molecule has 1 aliphatic heterocycles. The Balaban J connectivity index is 2.19. The van der Waals surface area contributed by atoms with Crippen LogP contribution >= 0.6 is 0 Å².